The van der Waals surface area contributed by atoms with Crippen LogP contribution in [0.1, 0.15) is 0 Å². The summed E-state index contributed by atoms with van der Waals surface area (Å²) in [4.78, 5) is 2.22. The molecular formula is C12H16BrN5O. The van der Waals surface area contributed by atoms with Crippen molar-refractivity contribution < 1.29 is 4.74 Å². The molecule has 0 radical (unpaired) electrons. The summed E-state index contributed by atoms with van der Waals surface area (Å²) in [5.41, 5.74) is 0.937. The Morgan fingerprint density at radius 2 is 2.11 bits per heavy atom. The predicted molar refractivity (Wildman–Crippen MR) is 77.0 cm³/mol. The second-order valence-corrected chi connectivity index (χ2v) is 5.45. The second kappa shape index (κ2) is 6.63. The molecule has 1 atom stereocenters. The van der Waals surface area contributed by atoms with Crippen molar-refractivity contribution in [3.05, 3.63) is 30.3 Å². The first-order chi connectivity index (χ1) is 9.22. The van der Waals surface area contributed by atoms with Crippen LogP contribution in [0.4, 0.5) is 5.95 Å². The van der Waals surface area contributed by atoms with Gasteiger partial charge in [0, 0.05) is 20.7 Å². The van der Waals surface area contributed by atoms with E-state index in [0.717, 1.165) is 12.2 Å². The Labute approximate surface area is 120 Å². The first-order valence-corrected chi connectivity index (χ1v) is 6.82. The van der Waals surface area contributed by atoms with E-state index < -0.39 is 0 Å². The predicted octanol–water partition coefficient (Wildman–Crippen LogP) is 1.51. The van der Waals surface area contributed by atoms with Gasteiger partial charge in [-0.2, -0.15) is 4.68 Å². The molecule has 102 valence electrons. The fraction of sp³-hybridized carbons (Fsp3) is 0.417. The molecule has 0 aliphatic carbocycles. The van der Waals surface area contributed by atoms with Crippen molar-refractivity contribution in [3.8, 4) is 5.69 Å². The highest BCUT2D eigenvalue weighted by molar-refractivity contribution is 9.09. The Hall–Kier alpha value is -1.47. The van der Waals surface area contributed by atoms with Gasteiger partial charge in [0.15, 0.2) is 0 Å². The fourth-order valence-corrected chi connectivity index (χ4v) is 2.47. The largest absolute Gasteiger partial charge is 0.383 e. The molecule has 2 aromatic rings. The minimum absolute atomic E-state index is 0.225. The van der Waals surface area contributed by atoms with Gasteiger partial charge in [-0.3, -0.25) is 0 Å². The number of rotatable bonds is 6. The number of ether oxygens (including phenoxy) is 1. The van der Waals surface area contributed by atoms with Crippen LogP contribution < -0.4 is 4.90 Å². The van der Waals surface area contributed by atoms with E-state index in [4.69, 9.17) is 4.74 Å². The van der Waals surface area contributed by atoms with Gasteiger partial charge in [-0.15, -0.1) is 0 Å². The third-order valence-electron chi connectivity index (χ3n) is 2.61. The average Bonchev–Trinajstić information content (AvgIpc) is 2.89. The van der Waals surface area contributed by atoms with E-state index in [1.54, 1.807) is 11.8 Å². The lowest BCUT2D eigenvalue weighted by molar-refractivity contribution is 0.201. The molecule has 0 aliphatic heterocycles. The summed E-state index contributed by atoms with van der Waals surface area (Å²) in [5, 5.41) is 11.8. The van der Waals surface area contributed by atoms with Crippen LogP contribution >= 0.6 is 15.9 Å². The molecule has 1 aromatic carbocycles. The van der Waals surface area contributed by atoms with Crippen LogP contribution in [-0.4, -0.2) is 52.3 Å². The Bertz CT molecular complexity index is 504. The molecule has 7 heteroatoms. The van der Waals surface area contributed by atoms with Gasteiger partial charge >= 0.3 is 0 Å². The highest BCUT2D eigenvalue weighted by Crippen LogP contribution is 2.15. The van der Waals surface area contributed by atoms with E-state index in [0.29, 0.717) is 12.6 Å². The molecule has 0 bridgehead atoms. The minimum Gasteiger partial charge on any atom is -0.383 e. The SMILES string of the molecule is COCC(Br)CN(C)c1nnnn1-c1ccccc1. The molecule has 0 N–H and O–H groups in total. The number of hydrogen-bond donors (Lipinski definition) is 0. The third-order valence-corrected chi connectivity index (χ3v) is 3.17. The molecule has 1 unspecified atom stereocenters. The zero-order chi connectivity index (χ0) is 13.7. The smallest absolute Gasteiger partial charge is 0.250 e. The number of hydrogen-bond acceptors (Lipinski definition) is 5. The van der Waals surface area contributed by atoms with Gasteiger partial charge < -0.3 is 9.64 Å². The molecule has 0 saturated carbocycles. The van der Waals surface area contributed by atoms with Gasteiger partial charge in [0.2, 0.25) is 5.95 Å². The summed E-state index contributed by atoms with van der Waals surface area (Å²) in [6.07, 6.45) is 0. The summed E-state index contributed by atoms with van der Waals surface area (Å²) >= 11 is 3.56. The third kappa shape index (κ3) is 3.51. The number of para-hydroxylation sites is 1. The zero-order valence-corrected chi connectivity index (χ0v) is 12.5. The van der Waals surface area contributed by atoms with Crippen molar-refractivity contribution in [2.75, 3.05) is 32.2 Å². The summed E-state index contributed by atoms with van der Waals surface area (Å²) in [5.74, 6) is 0.701. The molecule has 0 aliphatic rings. The minimum atomic E-state index is 0.225. The van der Waals surface area contributed by atoms with E-state index in [1.165, 1.54) is 0 Å². The molecule has 0 spiro atoms. The van der Waals surface area contributed by atoms with Gasteiger partial charge in [0.1, 0.15) is 0 Å². The number of halogens is 1. The lowest BCUT2D eigenvalue weighted by Gasteiger charge is -2.20. The molecular weight excluding hydrogens is 310 g/mol. The first kappa shape index (κ1) is 14.0. The van der Waals surface area contributed by atoms with Crippen molar-refractivity contribution >= 4 is 21.9 Å². The Morgan fingerprint density at radius 3 is 2.79 bits per heavy atom. The molecule has 2 rings (SSSR count). The summed E-state index contributed by atoms with van der Waals surface area (Å²) in [7, 11) is 3.64. The first-order valence-electron chi connectivity index (χ1n) is 5.90. The molecule has 0 saturated heterocycles. The number of benzene rings is 1. The maximum atomic E-state index is 5.10. The molecule has 1 aromatic heterocycles. The van der Waals surface area contributed by atoms with Gasteiger partial charge in [-0.05, 0) is 22.6 Å². The van der Waals surface area contributed by atoms with E-state index in [9.17, 15) is 0 Å². The van der Waals surface area contributed by atoms with Crippen molar-refractivity contribution in [1.29, 1.82) is 0 Å². The number of aromatic nitrogens is 4. The van der Waals surface area contributed by atoms with Crippen LogP contribution in [0, 0.1) is 0 Å². The maximum absolute atomic E-state index is 5.10. The number of alkyl halides is 1. The number of tetrazole rings is 1. The Balaban J connectivity index is 2.15. The molecule has 0 amide bonds. The van der Waals surface area contributed by atoms with Gasteiger partial charge in [0.05, 0.1) is 17.1 Å². The van der Waals surface area contributed by atoms with Crippen molar-refractivity contribution in [1.82, 2.24) is 20.2 Å². The van der Waals surface area contributed by atoms with E-state index in [1.807, 2.05) is 42.3 Å². The van der Waals surface area contributed by atoms with Gasteiger partial charge in [-0.1, -0.05) is 39.2 Å². The second-order valence-electron chi connectivity index (χ2n) is 4.16. The monoisotopic (exact) mass is 325 g/mol. The van der Waals surface area contributed by atoms with Crippen molar-refractivity contribution in [3.63, 3.8) is 0 Å². The van der Waals surface area contributed by atoms with Crippen molar-refractivity contribution in [2.24, 2.45) is 0 Å². The lowest BCUT2D eigenvalue weighted by Crippen LogP contribution is -2.30. The van der Waals surface area contributed by atoms with Crippen LogP contribution in [0.25, 0.3) is 5.69 Å². The topological polar surface area (TPSA) is 56.1 Å². The summed E-state index contributed by atoms with van der Waals surface area (Å²) in [6, 6.07) is 9.81. The van der Waals surface area contributed by atoms with Gasteiger partial charge in [-0.25, -0.2) is 0 Å². The van der Waals surface area contributed by atoms with Crippen molar-refractivity contribution in [2.45, 2.75) is 4.83 Å². The van der Waals surface area contributed by atoms with E-state index in [2.05, 4.69) is 31.5 Å². The molecule has 0 fully saturated rings. The molecule has 6 nitrogen and oxygen atoms in total. The fourth-order valence-electron chi connectivity index (χ4n) is 1.77. The van der Waals surface area contributed by atoms with E-state index in [-0.39, 0.29) is 4.83 Å². The van der Waals surface area contributed by atoms with Crippen LogP contribution in [-0.2, 0) is 4.74 Å². The maximum Gasteiger partial charge on any atom is 0.250 e. The van der Waals surface area contributed by atoms with Crippen LogP contribution in [0.2, 0.25) is 0 Å². The number of anilines is 1. The number of methoxy groups -OCH3 is 1. The van der Waals surface area contributed by atoms with Gasteiger partial charge in [0.25, 0.3) is 0 Å². The lowest BCUT2D eigenvalue weighted by atomic mass is 10.3. The van der Waals surface area contributed by atoms with Crippen LogP contribution in [0.15, 0.2) is 30.3 Å². The van der Waals surface area contributed by atoms with Crippen LogP contribution in [0.5, 0.6) is 0 Å². The normalized spacial score (nSPS) is 12.4. The summed E-state index contributed by atoms with van der Waals surface area (Å²) < 4.78 is 6.82. The number of nitrogens with zero attached hydrogens (tertiary/aromatic N) is 5. The molecule has 19 heavy (non-hydrogen) atoms. The standard InChI is InChI=1S/C12H16BrN5O/c1-17(8-10(13)9-19-2)12-14-15-16-18(12)11-6-4-3-5-7-11/h3-7,10H,8-9H2,1-2H3. The summed E-state index contributed by atoms with van der Waals surface area (Å²) in [6.45, 7) is 1.39. The van der Waals surface area contributed by atoms with Crippen LogP contribution in [0.3, 0.4) is 0 Å². The quantitative estimate of drug-likeness (QED) is 0.753. The average molecular weight is 326 g/mol. The highest BCUT2D eigenvalue weighted by Gasteiger charge is 2.15. The molecule has 1 heterocycles. The Morgan fingerprint density at radius 1 is 1.37 bits per heavy atom. The Kier molecular flexibility index (Phi) is 4.86. The zero-order valence-electron chi connectivity index (χ0n) is 10.9. The van der Waals surface area contributed by atoms with E-state index >= 15 is 0 Å². The highest BCUT2D eigenvalue weighted by atomic mass is 79.9.